The third kappa shape index (κ3) is 5.91. The summed E-state index contributed by atoms with van der Waals surface area (Å²) in [6.07, 6.45) is 0. The first-order valence-corrected chi connectivity index (χ1v) is 8.13. The van der Waals surface area contributed by atoms with Gasteiger partial charge < -0.3 is 9.47 Å². The number of carbonyl (C=O) groups excluding carboxylic acids is 2. The Morgan fingerprint density at radius 3 is 2.41 bits per heavy atom. The Hall–Kier alpha value is -1.17. The van der Waals surface area contributed by atoms with Gasteiger partial charge in [-0.15, -0.1) is 0 Å². The summed E-state index contributed by atoms with van der Waals surface area (Å²) in [5.41, 5.74) is -0.727. The second-order valence-corrected chi connectivity index (χ2v) is 6.25. The summed E-state index contributed by atoms with van der Waals surface area (Å²) in [6, 6.07) is 6.43. The highest BCUT2D eigenvalue weighted by molar-refractivity contribution is 8.15. The molecule has 0 N–H and O–H groups in total. The first kappa shape index (κ1) is 18.9. The van der Waals surface area contributed by atoms with Gasteiger partial charge in [0.05, 0.1) is 6.61 Å². The van der Waals surface area contributed by atoms with Crippen LogP contribution in [0.5, 0.6) is 5.75 Å². The molecule has 4 nitrogen and oxygen atoms in total. The molecule has 1 rings (SSSR count). The fraction of sp³-hybridized carbons (Fsp3) is 0.333. The lowest BCUT2D eigenvalue weighted by Crippen LogP contribution is -2.27. The minimum absolute atomic E-state index is 0.225. The van der Waals surface area contributed by atoms with Crippen molar-refractivity contribution in [3.8, 4) is 5.75 Å². The first-order valence-electron chi connectivity index (χ1n) is 6.44. The summed E-state index contributed by atoms with van der Waals surface area (Å²) in [4.78, 5) is 23.9. The topological polar surface area (TPSA) is 52.6 Å². The molecule has 0 amide bonds. The minimum atomic E-state index is -1.23. The van der Waals surface area contributed by atoms with Gasteiger partial charge in [-0.1, -0.05) is 47.1 Å². The molecule has 0 radical (unpaired) electrons. The van der Waals surface area contributed by atoms with Gasteiger partial charge in [-0.25, -0.2) is 0 Å². The highest BCUT2D eigenvalue weighted by atomic mass is 35.5. The highest BCUT2D eigenvalue weighted by Gasteiger charge is 2.29. The summed E-state index contributed by atoms with van der Waals surface area (Å²) in [5.74, 6) is -0.120. The summed E-state index contributed by atoms with van der Waals surface area (Å²) in [5, 5.41) is -0.760. The predicted octanol–water partition coefficient (Wildman–Crippen LogP) is 4.05. The van der Waals surface area contributed by atoms with Crippen LogP contribution in [0.15, 0.2) is 36.4 Å². The van der Waals surface area contributed by atoms with Crippen molar-refractivity contribution in [2.45, 2.75) is 24.7 Å². The molecule has 0 aliphatic carbocycles. The van der Waals surface area contributed by atoms with E-state index in [1.54, 1.807) is 38.1 Å². The molecular weight excluding hydrogens is 347 g/mol. The number of esters is 1. The number of ether oxygens (including phenoxy) is 2. The van der Waals surface area contributed by atoms with Crippen LogP contribution in [0.4, 0.5) is 0 Å². The van der Waals surface area contributed by atoms with E-state index >= 15 is 0 Å². The number of benzene rings is 1. The first-order chi connectivity index (χ1) is 10.3. The molecule has 0 aliphatic heterocycles. The molecule has 120 valence electrons. The highest BCUT2D eigenvalue weighted by Crippen LogP contribution is 2.25. The largest absolute Gasteiger partial charge is 0.466 e. The summed E-state index contributed by atoms with van der Waals surface area (Å²) in [7, 11) is 0. The molecule has 0 heterocycles. The Morgan fingerprint density at radius 2 is 1.91 bits per heavy atom. The van der Waals surface area contributed by atoms with Crippen molar-refractivity contribution in [3.05, 3.63) is 41.4 Å². The van der Waals surface area contributed by atoms with Crippen LogP contribution >= 0.6 is 35.0 Å². The average molecular weight is 363 g/mol. The van der Waals surface area contributed by atoms with Crippen molar-refractivity contribution in [1.82, 2.24) is 0 Å². The Kier molecular flexibility index (Phi) is 7.79. The van der Waals surface area contributed by atoms with Crippen LogP contribution in [0.3, 0.4) is 0 Å². The van der Waals surface area contributed by atoms with Crippen LogP contribution in [0.25, 0.3) is 0 Å². The van der Waals surface area contributed by atoms with Crippen LogP contribution in [0.2, 0.25) is 5.02 Å². The van der Waals surface area contributed by atoms with Gasteiger partial charge in [0.1, 0.15) is 11.0 Å². The molecule has 1 aromatic carbocycles. The van der Waals surface area contributed by atoms with Gasteiger partial charge in [-0.3, -0.25) is 9.59 Å². The van der Waals surface area contributed by atoms with Crippen molar-refractivity contribution >= 4 is 46.0 Å². The van der Waals surface area contributed by atoms with E-state index in [1.807, 2.05) is 0 Å². The van der Waals surface area contributed by atoms with E-state index < -0.39 is 21.9 Å². The van der Waals surface area contributed by atoms with E-state index in [1.165, 1.54) is 0 Å². The smallest absolute Gasteiger partial charge is 0.323 e. The van der Waals surface area contributed by atoms with Crippen LogP contribution in [-0.2, 0) is 14.3 Å². The molecule has 0 aromatic heterocycles. The van der Waals surface area contributed by atoms with E-state index in [9.17, 15) is 9.59 Å². The lowest BCUT2D eigenvalue weighted by molar-refractivity contribution is -0.141. The lowest BCUT2D eigenvalue weighted by Gasteiger charge is -2.16. The fourth-order valence-corrected chi connectivity index (χ4v) is 2.55. The quantitative estimate of drug-likeness (QED) is 0.416. The molecule has 1 aromatic rings. The van der Waals surface area contributed by atoms with E-state index in [0.717, 1.165) is 11.8 Å². The molecule has 2 atom stereocenters. The zero-order valence-corrected chi connectivity index (χ0v) is 14.5. The maximum Gasteiger partial charge on any atom is 0.323 e. The zero-order chi connectivity index (χ0) is 16.7. The Bertz CT molecular complexity index is 545. The third-order valence-corrected chi connectivity index (χ3v) is 4.37. The number of thioether (sulfide) groups is 1. The molecule has 0 bridgehead atoms. The Balaban J connectivity index is 2.66. The fourth-order valence-electron chi connectivity index (χ4n) is 1.42. The average Bonchev–Trinajstić information content (AvgIpc) is 2.46. The zero-order valence-electron chi connectivity index (χ0n) is 12.2. The number of hydrogen-bond donors (Lipinski definition) is 0. The summed E-state index contributed by atoms with van der Waals surface area (Å²) < 4.78 is 10.2. The van der Waals surface area contributed by atoms with Gasteiger partial charge in [-0.05, 0) is 38.1 Å². The Labute approximate surface area is 143 Å². The maximum atomic E-state index is 12.1. The maximum absolute atomic E-state index is 12.1. The van der Waals surface area contributed by atoms with E-state index in [2.05, 4.69) is 6.58 Å². The predicted molar refractivity (Wildman–Crippen MR) is 89.6 cm³/mol. The molecule has 0 aliphatic rings. The molecule has 22 heavy (non-hydrogen) atoms. The number of alkyl halides is 1. The van der Waals surface area contributed by atoms with E-state index in [0.29, 0.717) is 16.3 Å². The monoisotopic (exact) mass is 362 g/mol. The van der Waals surface area contributed by atoms with Crippen molar-refractivity contribution in [3.63, 3.8) is 0 Å². The van der Waals surface area contributed by atoms with Gasteiger partial charge in [0, 0.05) is 5.02 Å². The van der Waals surface area contributed by atoms with Crippen LogP contribution < -0.4 is 4.74 Å². The van der Waals surface area contributed by atoms with Gasteiger partial charge in [-0.2, -0.15) is 0 Å². The minimum Gasteiger partial charge on any atom is -0.466 e. The molecule has 0 saturated carbocycles. The van der Waals surface area contributed by atoms with Crippen molar-refractivity contribution < 1.29 is 19.1 Å². The lowest BCUT2D eigenvalue weighted by atomic mass is 10.2. The van der Waals surface area contributed by atoms with Gasteiger partial charge in [0.15, 0.2) is 0 Å². The number of halogens is 2. The van der Waals surface area contributed by atoms with Crippen LogP contribution in [0.1, 0.15) is 13.8 Å². The molecule has 7 heteroatoms. The molecule has 2 unspecified atom stereocenters. The number of rotatable bonds is 7. The SMILES string of the molecule is C=C(C)C(SC(=O)C(Cl)Oc1ccc(Cl)cc1)C(=O)OCC. The van der Waals surface area contributed by atoms with Crippen molar-refractivity contribution in [2.24, 2.45) is 0 Å². The van der Waals surface area contributed by atoms with Crippen LogP contribution in [0, 0.1) is 0 Å². The molecule has 0 spiro atoms. The summed E-state index contributed by atoms with van der Waals surface area (Å²) >= 11 is 12.4. The van der Waals surface area contributed by atoms with Gasteiger partial charge in [0.25, 0.3) is 0 Å². The second kappa shape index (κ2) is 9.08. The van der Waals surface area contributed by atoms with E-state index in [-0.39, 0.29) is 6.61 Å². The van der Waals surface area contributed by atoms with Gasteiger partial charge in [0.2, 0.25) is 10.7 Å². The Morgan fingerprint density at radius 1 is 1.32 bits per heavy atom. The number of carbonyl (C=O) groups is 2. The number of hydrogen-bond acceptors (Lipinski definition) is 5. The van der Waals surface area contributed by atoms with Crippen LogP contribution in [-0.4, -0.2) is 28.5 Å². The summed E-state index contributed by atoms with van der Waals surface area (Å²) in [6.45, 7) is 7.25. The van der Waals surface area contributed by atoms with Crippen molar-refractivity contribution in [1.29, 1.82) is 0 Å². The third-order valence-electron chi connectivity index (χ3n) is 2.42. The molecule has 0 saturated heterocycles. The standard InChI is InChI=1S/C15H16Cl2O4S/c1-4-20-14(18)12(9(2)3)22-15(19)13(17)21-11-7-5-10(16)6-8-11/h5-8,12-13H,2,4H2,1,3H3. The van der Waals surface area contributed by atoms with E-state index in [4.69, 9.17) is 32.7 Å². The normalized spacial score (nSPS) is 13.1. The van der Waals surface area contributed by atoms with Gasteiger partial charge >= 0.3 is 5.97 Å². The second-order valence-electron chi connectivity index (χ2n) is 4.30. The molecular formula is C15H16Cl2O4S. The van der Waals surface area contributed by atoms with Crippen molar-refractivity contribution in [2.75, 3.05) is 6.61 Å². The molecule has 0 fully saturated rings.